The fourth-order valence-electron chi connectivity index (χ4n) is 0.485. The summed E-state index contributed by atoms with van der Waals surface area (Å²) in [5, 5.41) is 0. The molecule has 0 atom stereocenters. The maximum absolute atomic E-state index is 3.78. The molecule has 0 spiro atoms. The van der Waals surface area contributed by atoms with Gasteiger partial charge in [-0.3, -0.25) is 0 Å². The maximum Gasteiger partial charge on any atom is -0.0104 e. The van der Waals surface area contributed by atoms with Crippen molar-refractivity contribution in [1.29, 1.82) is 0 Å². The molecule has 0 saturated carbocycles. The van der Waals surface area contributed by atoms with Crippen LogP contribution in [-0.4, -0.2) is 0 Å². The highest BCUT2D eigenvalue weighted by Crippen LogP contribution is 1.99. The van der Waals surface area contributed by atoms with Crippen LogP contribution in [-0.2, 0) is 0 Å². The van der Waals surface area contributed by atoms with E-state index in [9.17, 15) is 0 Å². The van der Waals surface area contributed by atoms with Gasteiger partial charge in [0.25, 0.3) is 0 Å². The number of rotatable bonds is 4. The van der Waals surface area contributed by atoms with E-state index in [1.807, 2.05) is 0 Å². The van der Waals surface area contributed by atoms with Gasteiger partial charge in [0.05, 0.1) is 0 Å². The maximum atomic E-state index is 3.78. The molecule has 9 heavy (non-hydrogen) atoms. The van der Waals surface area contributed by atoms with E-state index in [2.05, 4.69) is 32.2 Å². The summed E-state index contributed by atoms with van der Waals surface area (Å²) in [6.45, 7) is 9.50. The molecule has 0 fully saturated rings. The second-order valence-corrected chi connectivity index (χ2v) is 1.95. The third-order valence-electron chi connectivity index (χ3n) is 1.07. The standard InChI is InChI=1S/C9H14/c1-4-6-7-8-9(3)5-2/h5-7H,2-4,8H2,1H3. The molecule has 0 heterocycles. The largest absolute Gasteiger partial charge is 0.0988 e. The van der Waals surface area contributed by atoms with Gasteiger partial charge >= 0.3 is 0 Å². The molecule has 0 heteroatoms. The molecular weight excluding hydrogens is 108 g/mol. The van der Waals surface area contributed by atoms with Gasteiger partial charge in [-0.15, -0.1) is 0 Å². The summed E-state index contributed by atoms with van der Waals surface area (Å²) < 4.78 is 0. The van der Waals surface area contributed by atoms with Gasteiger partial charge in [0, 0.05) is 0 Å². The van der Waals surface area contributed by atoms with Gasteiger partial charge in [-0.05, 0) is 12.8 Å². The SMILES string of the molecule is C=CC(=C)CC=CCC. The van der Waals surface area contributed by atoms with Gasteiger partial charge in [0.1, 0.15) is 0 Å². The average molecular weight is 122 g/mol. The smallest absolute Gasteiger partial charge is 0.0104 e. The van der Waals surface area contributed by atoms with E-state index in [-0.39, 0.29) is 0 Å². The number of allylic oxidation sites excluding steroid dienone is 4. The molecule has 0 radical (unpaired) electrons. The third-order valence-corrected chi connectivity index (χ3v) is 1.07. The predicted octanol–water partition coefficient (Wildman–Crippen LogP) is 3.08. The van der Waals surface area contributed by atoms with E-state index in [1.54, 1.807) is 6.08 Å². The third kappa shape index (κ3) is 5.09. The van der Waals surface area contributed by atoms with Crippen molar-refractivity contribution < 1.29 is 0 Å². The van der Waals surface area contributed by atoms with E-state index >= 15 is 0 Å². The van der Waals surface area contributed by atoms with Gasteiger partial charge in [-0.2, -0.15) is 0 Å². The fourth-order valence-corrected chi connectivity index (χ4v) is 0.485. The van der Waals surface area contributed by atoms with Gasteiger partial charge < -0.3 is 0 Å². The van der Waals surface area contributed by atoms with Crippen LogP contribution in [0.1, 0.15) is 19.8 Å². The second-order valence-electron chi connectivity index (χ2n) is 1.95. The highest BCUT2D eigenvalue weighted by Gasteiger charge is 1.78. The molecule has 0 aliphatic heterocycles. The van der Waals surface area contributed by atoms with Crippen LogP contribution in [0, 0.1) is 0 Å². The Balaban J connectivity index is 3.37. The first kappa shape index (κ1) is 8.22. The quantitative estimate of drug-likeness (QED) is 0.397. The van der Waals surface area contributed by atoms with E-state index < -0.39 is 0 Å². The zero-order valence-electron chi connectivity index (χ0n) is 6.06. The summed E-state index contributed by atoms with van der Waals surface area (Å²) in [5.41, 5.74) is 1.08. The van der Waals surface area contributed by atoms with E-state index in [1.165, 1.54) is 0 Å². The Morgan fingerprint density at radius 1 is 1.44 bits per heavy atom. The van der Waals surface area contributed by atoms with Crippen molar-refractivity contribution in [2.24, 2.45) is 0 Å². The Labute approximate surface area is 57.6 Å². The van der Waals surface area contributed by atoms with Crippen LogP contribution < -0.4 is 0 Å². The lowest BCUT2D eigenvalue weighted by Gasteiger charge is -1.88. The average Bonchev–Trinajstić information content (AvgIpc) is 1.89. The van der Waals surface area contributed by atoms with Crippen molar-refractivity contribution in [2.45, 2.75) is 19.8 Å². The number of hydrogen-bond donors (Lipinski definition) is 0. The summed E-state index contributed by atoms with van der Waals surface area (Å²) in [4.78, 5) is 0. The Hall–Kier alpha value is -0.780. The molecule has 0 saturated heterocycles. The van der Waals surface area contributed by atoms with Crippen molar-refractivity contribution in [1.82, 2.24) is 0 Å². The Morgan fingerprint density at radius 3 is 2.56 bits per heavy atom. The van der Waals surface area contributed by atoms with E-state index in [4.69, 9.17) is 0 Å². The van der Waals surface area contributed by atoms with Gasteiger partial charge in [-0.1, -0.05) is 43.9 Å². The Kier molecular flexibility index (Phi) is 4.89. The van der Waals surface area contributed by atoms with Crippen LogP contribution in [0.3, 0.4) is 0 Å². The zero-order valence-corrected chi connectivity index (χ0v) is 6.06. The molecule has 0 aromatic carbocycles. The highest BCUT2D eigenvalue weighted by molar-refractivity contribution is 5.14. The lowest BCUT2D eigenvalue weighted by molar-refractivity contribution is 1.18. The topological polar surface area (TPSA) is 0 Å². The van der Waals surface area contributed by atoms with Crippen LogP contribution in [0.4, 0.5) is 0 Å². The fraction of sp³-hybridized carbons (Fsp3) is 0.333. The molecular formula is C9H14. The van der Waals surface area contributed by atoms with E-state index in [0.29, 0.717) is 0 Å². The molecule has 0 aromatic rings. The Morgan fingerprint density at radius 2 is 2.11 bits per heavy atom. The minimum atomic E-state index is 0.942. The molecule has 0 bridgehead atoms. The molecule has 0 amide bonds. The van der Waals surface area contributed by atoms with Crippen LogP contribution in [0.15, 0.2) is 37.0 Å². The van der Waals surface area contributed by atoms with Gasteiger partial charge in [0.15, 0.2) is 0 Å². The zero-order chi connectivity index (χ0) is 7.11. The van der Waals surface area contributed by atoms with Crippen LogP contribution in [0.2, 0.25) is 0 Å². The van der Waals surface area contributed by atoms with Crippen molar-refractivity contribution in [3.63, 3.8) is 0 Å². The minimum Gasteiger partial charge on any atom is -0.0988 e. The highest BCUT2D eigenvalue weighted by atomic mass is 13.8. The second kappa shape index (κ2) is 5.36. The van der Waals surface area contributed by atoms with Gasteiger partial charge in [0.2, 0.25) is 0 Å². The van der Waals surface area contributed by atoms with Crippen molar-refractivity contribution in [2.75, 3.05) is 0 Å². The molecule has 0 aliphatic carbocycles. The Bertz CT molecular complexity index is 118. The summed E-state index contributed by atoms with van der Waals surface area (Å²) in [6, 6.07) is 0. The van der Waals surface area contributed by atoms with Gasteiger partial charge in [-0.25, -0.2) is 0 Å². The van der Waals surface area contributed by atoms with Crippen molar-refractivity contribution >= 4 is 0 Å². The first-order valence-corrected chi connectivity index (χ1v) is 3.26. The first-order chi connectivity index (χ1) is 4.31. The van der Waals surface area contributed by atoms with E-state index in [0.717, 1.165) is 18.4 Å². The molecule has 50 valence electrons. The summed E-state index contributed by atoms with van der Waals surface area (Å²) in [7, 11) is 0. The summed E-state index contributed by atoms with van der Waals surface area (Å²) >= 11 is 0. The summed E-state index contributed by atoms with van der Waals surface area (Å²) in [5.74, 6) is 0. The normalized spacial score (nSPS) is 9.89. The van der Waals surface area contributed by atoms with Crippen molar-refractivity contribution in [3.05, 3.63) is 37.0 Å². The molecule has 0 rings (SSSR count). The first-order valence-electron chi connectivity index (χ1n) is 3.26. The van der Waals surface area contributed by atoms with Crippen LogP contribution in [0.5, 0.6) is 0 Å². The molecule has 0 aromatic heterocycles. The molecule has 0 N–H and O–H groups in total. The molecule has 0 nitrogen and oxygen atoms in total. The predicted molar refractivity (Wildman–Crippen MR) is 43.4 cm³/mol. The monoisotopic (exact) mass is 122 g/mol. The minimum absolute atomic E-state index is 0.942. The summed E-state index contributed by atoms with van der Waals surface area (Å²) in [6.07, 6.45) is 8.08. The lowest BCUT2D eigenvalue weighted by Crippen LogP contribution is -1.68. The number of hydrogen-bond acceptors (Lipinski definition) is 0. The van der Waals surface area contributed by atoms with Crippen LogP contribution in [0.25, 0.3) is 0 Å². The van der Waals surface area contributed by atoms with Crippen LogP contribution >= 0.6 is 0 Å². The lowest BCUT2D eigenvalue weighted by atomic mass is 10.2. The molecule has 0 unspecified atom stereocenters. The molecule has 0 aliphatic rings. The van der Waals surface area contributed by atoms with Crippen molar-refractivity contribution in [3.8, 4) is 0 Å².